The molecule has 0 bridgehead atoms. The fourth-order valence-electron chi connectivity index (χ4n) is 1.91. The Kier molecular flexibility index (Phi) is 2.38. The van der Waals surface area contributed by atoms with Gasteiger partial charge in [-0.1, -0.05) is 24.3 Å². The van der Waals surface area contributed by atoms with E-state index in [0.717, 1.165) is 0 Å². The fourth-order valence-corrected chi connectivity index (χ4v) is 1.91. The Morgan fingerprint density at radius 3 is 2.44 bits per heavy atom. The van der Waals surface area contributed by atoms with Crippen LogP contribution < -0.4 is 5.43 Å². The average Bonchev–Trinajstić information content (AvgIpc) is 2.39. The minimum atomic E-state index is -0.157. The summed E-state index contributed by atoms with van der Waals surface area (Å²) in [6.07, 6.45) is 0. The molecule has 3 rings (SSSR count). The maximum atomic E-state index is 11.9. The molecule has 2 aromatic carbocycles. The van der Waals surface area contributed by atoms with Crippen molar-refractivity contribution in [1.82, 2.24) is 0 Å². The molecule has 18 heavy (non-hydrogen) atoms. The van der Waals surface area contributed by atoms with Gasteiger partial charge in [0.05, 0.1) is 10.9 Å². The summed E-state index contributed by atoms with van der Waals surface area (Å²) in [6, 6.07) is 14.8. The zero-order valence-corrected chi connectivity index (χ0v) is 9.42. The molecule has 0 fully saturated rings. The maximum absolute atomic E-state index is 11.9. The van der Waals surface area contributed by atoms with Gasteiger partial charge in [-0.05, 0) is 24.3 Å². The molecule has 87 valence electrons. The van der Waals surface area contributed by atoms with Crippen LogP contribution in [0.3, 0.4) is 0 Å². The molecule has 0 N–H and O–H groups in total. The van der Waals surface area contributed by atoms with E-state index >= 15 is 0 Å². The van der Waals surface area contributed by atoms with Crippen LogP contribution in [0.25, 0.3) is 22.3 Å². The Morgan fingerprint density at radius 2 is 1.61 bits per heavy atom. The summed E-state index contributed by atoms with van der Waals surface area (Å²) in [7, 11) is 0. The third kappa shape index (κ3) is 1.66. The van der Waals surface area contributed by atoms with Crippen LogP contribution in [0.4, 0.5) is 0 Å². The molecule has 1 aromatic heterocycles. The number of hydrogen-bond donors (Lipinski definition) is 0. The average molecular weight is 237 g/mol. The van der Waals surface area contributed by atoms with E-state index in [1.54, 1.807) is 42.5 Å². The Bertz CT molecular complexity index is 772. The van der Waals surface area contributed by atoms with Crippen LogP contribution in [0, 0.1) is 0 Å². The third-order valence-corrected chi connectivity index (χ3v) is 2.79. The zero-order valence-electron chi connectivity index (χ0n) is 9.42. The highest BCUT2D eigenvalue weighted by Crippen LogP contribution is 2.29. The van der Waals surface area contributed by atoms with Gasteiger partial charge < -0.3 is 4.42 Å². The van der Waals surface area contributed by atoms with Crippen molar-refractivity contribution in [2.45, 2.75) is 0 Å². The third-order valence-electron chi connectivity index (χ3n) is 2.79. The Morgan fingerprint density at radius 1 is 0.889 bits per heavy atom. The van der Waals surface area contributed by atoms with Crippen LogP contribution in [0.5, 0.6) is 5.75 Å². The quantitative estimate of drug-likeness (QED) is 0.649. The lowest BCUT2D eigenvalue weighted by Crippen LogP contribution is -1.99. The number of benzene rings is 2. The second-order valence-electron chi connectivity index (χ2n) is 3.97. The van der Waals surface area contributed by atoms with Gasteiger partial charge in [-0.2, -0.15) is 0 Å². The normalized spacial score (nSPS) is 10.7. The van der Waals surface area contributed by atoms with Gasteiger partial charge in [0.2, 0.25) is 0 Å². The van der Waals surface area contributed by atoms with Crippen molar-refractivity contribution in [1.29, 1.82) is 0 Å². The predicted octanol–water partition coefficient (Wildman–Crippen LogP) is 3.60. The molecule has 0 amide bonds. The van der Waals surface area contributed by atoms with E-state index < -0.39 is 0 Å². The van der Waals surface area contributed by atoms with Crippen molar-refractivity contribution in [2.75, 3.05) is 0 Å². The van der Waals surface area contributed by atoms with E-state index in [-0.39, 0.29) is 11.2 Å². The lowest BCUT2D eigenvalue weighted by Gasteiger charge is -2.03. The first kappa shape index (κ1) is 10.6. The van der Waals surface area contributed by atoms with Crippen molar-refractivity contribution in [2.24, 2.45) is 0 Å². The van der Waals surface area contributed by atoms with E-state index in [9.17, 15) is 9.90 Å². The fraction of sp³-hybridized carbons (Fsp3) is 0. The Hall–Kier alpha value is -2.55. The lowest BCUT2D eigenvalue weighted by atomic mass is 10.1. The van der Waals surface area contributed by atoms with Crippen molar-refractivity contribution in [3.8, 4) is 17.1 Å². The summed E-state index contributed by atoms with van der Waals surface area (Å²) in [5, 5.41) is 12.2. The first-order chi connectivity index (χ1) is 8.75. The molecule has 0 unspecified atom stereocenters. The number of rotatable bonds is 1. The predicted molar refractivity (Wildman–Crippen MR) is 68.1 cm³/mol. The standard InChI is InChI=1S/C15H9O3/c16-12-7-3-1-5-10(12)15-9-13(17)11-6-2-4-8-14(11)18-15/h1-9H. The van der Waals surface area contributed by atoms with Gasteiger partial charge in [0.25, 0.3) is 0 Å². The molecular formula is C15H9O3. The van der Waals surface area contributed by atoms with Gasteiger partial charge in [0, 0.05) is 6.07 Å². The van der Waals surface area contributed by atoms with Crippen molar-refractivity contribution < 1.29 is 9.52 Å². The summed E-state index contributed by atoms with van der Waals surface area (Å²) in [5.74, 6) is 0.153. The van der Waals surface area contributed by atoms with Crippen molar-refractivity contribution in [3.05, 3.63) is 64.8 Å². The second kappa shape index (κ2) is 4.04. The highest BCUT2D eigenvalue weighted by Gasteiger charge is 2.10. The first-order valence-corrected chi connectivity index (χ1v) is 5.55. The van der Waals surface area contributed by atoms with Crippen molar-refractivity contribution in [3.63, 3.8) is 0 Å². The summed E-state index contributed by atoms with van der Waals surface area (Å²) in [4.78, 5) is 11.9. The topological polar surface area (TPSA) is 50.1 Å². The molecule has 0 aliphatic heterocycles. The van der Waals surface area contributed by atoms with E-state index in [2.05, 4.69) is 0 Å². The minimum absolute atomic E-state index is 0.143. The molecule has 0 spiro atoms. The Balaban J connectivity index is 2.32. The molecule has 1 heterocycles. The van der Waals surface area contributed by atoms with E-state index in [1.165, 1.54) is 12.1 Å². The van der Waals surface area contributed by atoms with Gasteiger partial charge in [-0.3, -0.25) is 9.90 Å². The summed E-state index contributed by atoms with van der Waals surface area (Å²) >= 11 is 0. The molecule has 0 aliphatic carbocycles. The van der Waals surface area contributed by atoms with Gasteiger partial charge in [-0.25, -0.2) is 0 Å². The molecule has 3 nitrogen and oxygen atoms in total. The highest BCUT2D eigenvalue weighted by atomic mass is 16.3. The van der Waals surface area contributed by atoms with Gasteiger partial charge in [0.15, 0.2) is 11.2 Å². The van der Waals surface area contributed by atoms with Gasteiger partial charge in [-0.15, -0.1) is 0 Å². The highest BCUT2D eigenvalue weighted by molar-refractivity contribution is 5.79. The van der Waals surface area contributed by atoms with Crippen LogP contribution in [0.15, 0.2) is 63.8 Å². The Labute approximate surface area is 103 Å². The van der Waals surface area contributed by atoms with E-state index in [1.807, 2.05) is 0 Å². The van der Waals surface area contributed by atoms with Gasteiger partial charge in [0.1, 0.15) is 11.3 Å². The summed E-state index contributed by atoms with van der Waals surface area (Å²) in [5.41, 5.74) is 0.749. The van der Waals surface area contributed by atoms with Gasteiger partial charge >= 0.3 is 0 Å². The second-order valence-corrected chi connectivity index (χ2v) is 3.97. The van der Waals surface area contributed by atoms with E-state index in [0.29, 0.717) is 22.3 Å². The molecule has 3 heteroatoms. The van der Waals surface area contributed by atoms with Crippen LogP contribution >= 0.6 is 0 Å². The monoisotopic (exact) mass is 237 g/mol. The molecule has 0 atom stereocenters. The van der Waals surface area contributed by atoms with Crippen LogP contribution in [-0.2, 0) is 5.11 Å². The molecular weight excluding hydrogens is 228 g/mol. The first-order valence-electron chi connectivity index (χ1n) is 5.55. The lowest BCUT2D eigenvalue weighted by molar-refractivity contribution is 0.355. The molecule has 0 saturated heterocycles. The van der Waals surface area contributed by atoms with Crippen LogP contribution in [-0.4, -0.2) is 0 Å². The molecule has 3 aromatic rings. The number of fused-ring (bicyclic) bond motifs is 1. The minimum Gasteiger partial charge on any atom is -0.456 e. The van der Waals surface area contributed by atoms with Crippen LogP contribution in [0.1, 0.15) is 0 Å². The number of hydrogen-bond acceptors (Lipinski definition) is 2. The molecule has 0 saturated carbocycles. The smallest absolute Gasteiger partial charge is 0.193 e. The molecule has 1 radical (unpaired) electrons. The van der Waals surface area contributed by atoms with E-state index in [4.69, 9.17) is 4.42 Å². The summed E-state index contributed by atoms with van der Waals surface area (Å²) in [6.45, 7) is 0. The zero-order chi connectivity index (χ0) is 12.5. The van der Waals surface area contributed by atoms with Crippen molar-refractivity contribution >= 4 is 11.0 Å². The molecule has 0 aliphatic rings. The summed E-state index contributed by atoms with van der Waals surface area (Å²) < 4.78 is 5.61. The largest absolute Gasteiger partial charge is 0.456 e. The SMILES string of the molecule is [O]c1ccccc1-c1cc(=O)c2ccccc2o1. The maximum Gasteiger partial charge on any atom is 0.193 e. The number of para-hydroxylation sites is 2. The van der Waals surface area contributed by atoms with Crippen LogP contribution in [0.2, 0.25) is 0 Å².